The Balaban J connectivity index is 2.66. The Hall–Kier alpha value is -0.300. The first-order valence-corrected chi connectivity index (χ1v) is 5.76. The lowest BCUT2D eigenvalue weighted by molar-refractivity contribution is -0.138. The Morgan fingerprint density at radius 1 is 1.64 bits per heavy atom. The summed E-state index contributed by atoms with van der Waals surface area (Å²) in [7, 11) is 1.37. The van der Waals surface area contributed by atoms with Crippen molar-refractivity contribution in [1.82, 2.24) is 0 Å². The molecule has 0 radical (unpaired) electrons. The third-order valence-electron chi connectivity index (χ3n) is 1.58. The van der Waals surface area contributed by atoms with Crippen LogP contribution in [0, 0.1) is 3.57 Å². The summed E-state index contributed by atoms with van der Waals surface area (Å²) in [4.78, 5) is 10.9. The highest BCUT2D eigenvalue weighted by Crippen LogP contribution is 2.24. The molecule has 0 aliphatic rings. The molecule has 0 heterocycles. The van der Waals surface area contributed by atoms with Crippen LogP contribution in [0.15, 0.2) is 22.7 Å². The van der Waals surface area contributed by atoms with Gasteiger partial charge in [-0.15, -0.1) is 0 Å². The fourth-order valence-electron chi connectivity index (χ4n) is 0.873. The highest BCUT2D eigenvalue weighted by Gasteiger charge is 2.03. The Morgan fingerprint density at radius 3 is 3.00 bits per heavy atom. The number of hydrogen-bond donors (Lipinski definition) is 1. The van der Waals surface area contributed by atoms with E-state index in [1.54, 1.807) is 0 Å². The average molecular weight is 370 g/mol. The summed E-state index contributed by atoms with van der Waals surface area (Å²) in [5.41, 5.74) is 0.891. The number of rotatable bonds is 3. The molecule has 5 heteroatoms. The van der Waals surface area contributed by atoms with Gasteiger partial charge in [-0.05, 0) is 56.7 Å². The third kappa shape index (κ3) is 3.45. The molecule has 0 fully saturated rings. The smallest absolute Gasteiger partial charge is 0.325 e. The molecule has 1 aromatic rings. The maximum Gasteiger partial charge on any atom is 0.325 e. The Labute approximate surface area is 104 Å². The maximum absolute atomic E-state index is 10.9. The van der Waals surface area contributed by atoms with Gasteiger partial charge in [0.1, 0.15) is 6.54 Å². The van der Waals surface area contributed by atoms with E-state index in [1.807, 2.05) is 18.2 Å². The fourth-order valence-corrected chi connectivity index (χ4v) is 1.75. The lowest BCUT2D eigenvalue weighted by Gasteiger charge is -2.07. The second-order valence-electron chi connectivity index (χ2n) is 2.55. The molecule has 0 saturated heterocycles. The zero-order chi connectivity index (χ0) is 10.6. The van der Waals surface area contributed by atoms with Gasteiger partial charge >= 0.3 is 5.97 Å². The van der Waals surface area contributed by atoms with Gasteiger partial charge in [0.15, 0.2) is 0 Å². The fraction of sp³-hybridized carbons (Fsp3) is 0.222. The molecule has 1 N–H and O–H groups in total. The van der Waals surface area contributed by atoms with Crippen LogP contribution >= 0.6 is 38.5 Å². The minimum atomic E-state index is -0.282. The van der Waals surface area contributed by atoms with E-state index in [1.165, 1.54) is 7.11 Å². The molecule has 0 aliphatic carbocycles. The van der Waals surface area contributed by atoms with E-state index in [4.69, 9.17) is 0 Å². The van der Waals surface area contributed by atoms with Crippen LogP contribution in [0.1, 0.15) is 0 Å². The van der Waals surface area contributed by atoms with E-state index in [9.17, 15) is 4.79 Å². The molecule has 0 aromatic heterocycles. The lowest BCUT2D eigenvalue weighted by atomic mass is 10.3. The monoisotopic (exact) mass is 369 g/mol. The molecule has 0 amide bonds. The van der Waals surface area contributed by atoms with Crippen molar-refractivity contribution >= 4 is 50.2 Å². The highest BCUT2D eigenvalue weighted by molar-refractivity contribution is 14.1. The van der Waals surface area contributed by atoms with Gasteiger partial charge in [-0.25, -0.2) is 0 Å². The largest absolute Gasteiger partial charge is 0.468 e. The Bertz CT molecular complexity index is 344. The van der Waals surface area contributed by atoms with Gasteiger partial charge in [0.05, 0.1) is 7.11 Å². The number of halogens is 2. The van der Waals surface area contributed by atoms with Crippen molar-refractivity contribution < 1.29 is 9.53 Å². The van der Waals surface area contributed by atoms with Gasteiger partial charge in [0.2, 0.25) is 0 Å². The van der Waals surface area contributed by atoms with Crippen molar-refractivity contribution in [1.29, 1.82) is 0 Å². The summed E-state index contributed by atoms with van der Waals surface area (Å²) in [5.74, 6) is -0.282. The second-order valence-corrected chi connectivity index (χ2v) is 4.65. The Kier molecular flexibility index (Phi) is 4.67. The number of benzene rings is 1. The van der Waals surface area contributed by atoms with Gasteiger partial charge in [-0.3, -0.25) is 4.79 Å². The zero-order valence-electron chi connectivity index (χ0n) is 7.51. The molecule has 76 valence electrons. The maximum atomic E-state index is 10.9. The van der Waals surface area contributed by atoms with Gasteiger partial charge in [-0.1, -0.05) is 0 Å². The number of nitrogens with one attached hydrogen (secondary N) is 1. The number of ether oxygens (including phenoxy) is 1. The number of carbonyl (C=O) groups is 1. The predicted octanol–water partition coefficient (Wildman–Crippen LogP) is 2.64. The van der Waals surface area contributed by atoms with Crippen molar-refractivity contribution in [2.75, 3.05) is 19.0 Å². The molecule has 1 aromatic carbocycles. The van der Waals surface area contributed by atoms with Crippen LogP contribution in [0.2, 0.25) is 0 Å². The van der Waals surface area contributed by atoms with E-state index >= 15 is 0 Å². The second kappa shape index (κ2) is 5.55. The van der Waals surface area contributed by atoms with Gasteiger partial charge in [0, 0.05) is 13.7 Å². The summed E-state index contributed by atoms with van der Waals surface area (Å²) < 4.78 is 6.57. The summed E-state index contributed by atoms with van der Waals surface area (Å²) in [6, 6.07) is 5.86. The number of esters is 1. The molecule has 0 atom stereocenters. The number of carbonyl (C=O) groups excluding carboxylic acids is 1. The van der Waals surface area contributed by atoms with Crippen LogP contribution in [0.5, 0.6) is 0 Å². The lowest BCUT2D eigenvalue weighted by Crippen LogP contribution is -2.15. The molecule has 0 unspecified atom stereocenters. The highest BCUT2D eigenvalue weighted by atomic mass is 127. The van der Waals surface area contributed by atoms with Gasteiger partial charge < -0.3 is 10.1 Å². The number of hydrogen-bond acceptors (Lipinski definition) is 3. The first-order valence-electron chi connectivity index (χ1n) is 3.89. The van der Waals surface area contributed by atoms with E-state index in [2.05, 4.69) is 48.6 Å². The first-order chi connectivity index (χ1) is 6.63. The van der Waals surface area contributed by atoms with Crippen LogP contribution in [0.25, 0.3) is 0 Å². The Morgan fingerprint density at radius 2 is 2.36 bits per heavy atom. The normalized spacial score (nSPS) is 9.64. The van der Waals surface area contributed by atoms with Crippen LogP contribution in [-0.4, -0.2) is 19.6 Å². The van der Waals surface area contributed by atoms with Crippen molar-refractivity contribution in [3.63, 3.8) is 0 Å². The minimum absolute atomic E-state index is 0.176. The van der Waals surface area contributed by atoms with Crippen LogP contribution in [-0.2, 0) is 9.53 Å². The molecule has 0 saturated carbocycles. The zero-order valence-corrected chi connectivity index (χ0v) is 11.3. The summed E-state index contributed by atoms with van der Waals surface area (Å²) in [5, 5.41) is 2.98. The standard InChI is InChI=1S/C9H9BrINO2/c1-14-9(13)5-12-8-4-6(11)2-3-7(8)10/h2-4,12H,5H2,1H3. The van der Waals surface area contributed by atoms with Gasteiger partial charge in [-0.2, -0.15) is 0 Å². The molecule has 0 spiro atoms. The topological polar surface area (TPSA) is 38.3 Å². The molecular weight excluding hydrogens is 361 g/mol. The van der Waals surface area contributed by atoms with E-state index < -0.39 is 0 Å². The SMILES string of the molecule is COC(=O)CNc1cc(I)ccc1Br. The van der Waals surface area contributed by atoms with Crippen molar-refractivity contribution in [2.24, 2.45) is 0 Å². The van der Waals surface area contributed by atoms with E-state index in [0.29, 0.717) is 0 Å². The minimum Gasteiger partial charge on any atom is -0.468 e. The van der Waals surface area contributed by atoms with E-state index in [0.717, 1.165) is 13.7 Å². The van der Waals surface area contributed by atoms with Crippen LogP contribution < -0.4 is 5.32 Å². The van der Waals surface area contributed by atoms with Gasteiger partial charge in [0.25, 0.3) is 0 Å². The summed E-state index contributed by atoms with van der Waals surface area (Å²) >= 11 is 5.60. The predicted molar refractivity (Wildman–Crippen MR) is 67.4 cm³/mol. The molecule has 14 heavy (non-hydrogen) atoms. The number of methoxy groups -OCH3 is 1. The van der Waals surface area contributed by atoms with E-state index in [-0.39, 0.29) is 12.5 Å². The quantitative estimate of drug-likeness (QED) is 0.657. The van der Waals surface area contributed by atoms with Crippen LogP contribution in [0.4, 0.5) is 5.69 Å². The third-order valence-corrected chi connectivity index (χ3v) is 2.94. The molecule has 0 aliphatic heterocycles. The summed E-state index contributed by atoms with van der Waals surface area (Å²) in [6.07, 6.45) is 0. The molecule has 1 rings (SSSR count). The molecule has 3 nitrogen and oxygen atoms in total. The first kappa shape index (κ1) is 11.8. The van der Waals surface area contributed by atoms with Crippen LogP contribution in [0.3, 0.4) is 0 Å². The van der Waals surface area contributed by atoms with Crippen molar-refractivity contribution in [2.45, 2.75) is 0 Å². The number of anilines is 1. The van der Waals surface area contributed by atoms with Crippen molar-refractivity contribution in [3.05, 3.63) is 26.2 Å². The average Bonchev–Trinajstić information content (AvgIpc) is 2.19. The molecule has 0 bridgehead atoms. The van der Waals surface area contributed by atoms with Crippen molar-refractivity contribution in [3.8, 4) is 0 Å². The summed E-state index contributed by atoms with van der Waals surface area (Å²) in [6.45, 7) is 0.176. The molecular formula is C9H9BrINO2.